The normalized spacial score (nSPS) is 12.9. The molecule has 0 aliphatic carbocycles. The van der Waals surface area contributed by atoms with Crippen molar-refractivity contribution in [3.05, 3.63) is 30.0 Å². The number of hydrogen-bond donors (Lipinski definition) is 0. The lowest BCUT2D eigenvalue weighted by atomic mass is 10.2. The van der Waals surface area contributed by atoms with Crippen molar-refractivity contribution in [3.63, 3.8) is 0 Å². The molecular formula is C15H18FN3O3S2. The molecule has 0 N–H and O–H groups in total. The Morgan fingerprint density at radius 2 is 2.08 bits per heavy atom. The molecule has 24 heavy (non-hydrogen) atoms. The average molecular weight is 371 g/mol. The number of nitrogens with zero attached hydrogens (tertiary/aromatic N) is 3. The molecule has 1 atom stereocenters. The Kier molecular flexibility index (Phi) is 5.34. The maximum absolute atomic E-state index is 13.3. The zero-order valence-corrected chi connectivity index (χ0v) is 15.4. The van der Waals surface area contributed by atoms with Crippen LogP contribution in [0.1, 0.15) is 12.6 Å². The molecule has 0 fully saturated rings. The van der Waals surface area contributed by atoms with Gasteiger partial charge in [-0.1, -0.05) is 18.3 Å². The van der Waals surface area contributed by atoms with Crippen molar-refractivity contribution in [2.75, 3.05) is 24.0 Å². The van der Waals surface area contributed by atoms with Gasteiger partial charge in [0.2, 0.25) is 5.91 Å². The van der Waals surface area contributed by atoms with Crippen molar-refractivity contribution in [1.82, 2.24) is 9.97 Å². The second kappa shape index (κ2) is 6.94. The first-order valence-electron chi connectivity index (χ1n) is 7.12. The van der Waals surface area contributed by atoms with Gasteiger partial charge in [0.05, 0.1) is 17.6 Å². The minimum atomic E-state index is -3.25. The third-order valence-electron chi connectivity index (χ3n) is 3.33. The van der Waals surface area contributed by atoms with Gasteiger partial charge in [0.1, 0.15) is 25.7 Å². The van der Waals surface area contributed by atoms with Crippen LogP contribution in [-0.2, 0) is 14.6 Å². The highest BCUT2D eigenvalue weighted by molar-refractivity contribution is 7.90. The zero-order valence-electron chi connectivity index (χ0n) is 13.8. The molecule has 0 bridgehead atoms. The van der Waals surface area contributed by atoms with Crippen LogP contribution in [0.3, 0.4) is 0 Å². The molecule has 0 aliphatic rings. The third kappa shape index (κ3) is 4.35. The molecule has 9 heteroatoms. The van der Waals surface area contributed by atoms with Gasteiger partial charge in [-0.05, 0) is 13.0 Å². The number of hydrogen-bond acceptors (Lipinski definition) is 6. The molecule has 0 spiro atoms. The number of carbonyl (C=O) groups is 1. The van der Waals surface area contributed by atoms with Gasteiger partial charge in [0.25, 0.3) is 0 Å². The molecule has 0 saturated carbocycles. The van der Waals surface area contributed by atoms with Gasteiger partial charge in [-0.3, -0.25) is 9.78 Å². The SMILES string of the molecule is Cc1nc(-c2cncc(F)c2)sc1N(C)C(=O)C(C)CS(C)(=O)=O. The number of aryl methyl sites for hydroxylation is 1. The Hall–Kier alpha value is -1.87. The van der Waals surface area contributed by atoms with Gasteiger partial charge in [-0.2, -0.15) is 0 Å². The summed E-state index contributed by atoms with van der Waals surface area (Å²) >= 11 is 1.23. The number of pyridine rings is 1. The lowest BCUT2D eigenvalue weighted by Crippen LogP contribution is -2.34. The monoisotopic (exact) mass is 371 g/mol. The lowest BCUT2D eigenvalue weighted by Gasteiger charge is -2.19. The van der Waals surface area contributed by atoms with Crippen LogP contribution in [0.4, 0.5) is 9.39 Å². The van der Waals surface area contributed by atoms with Crippen LogP contribution in [-0.4, -0.2) is 43.3 Å². The number of amides is 1. The van der Waals surface area contributed by atoms with E-state index in [9.17, 15) is 17.6 Å². The lowest BCUT2D eigenvalue weighted by molar-refractivity contribution is -0.121. The predicted octanol–water partition coefficient (Wildman–Crippen LogP) is 2.30. The molecule has 0 radical (unpaired) electrons. The summed E-state index contributed by atoms with van der Waals surface area (Å²) in [6.45, 7) is 3.32. The quantitative estimate of drug-likeness (QED) is 0.806. The maximum atomic E-state index is 13.3. The summed E-state index contributed by atoms with van der Waals surface area (Å²) in [6, 6.07) is 1.32. The first-order valence-corrected chi connectivity index (χ1v) is 10.00. The van der Waals surface area contributed by atoms with E-state index >= 15 is 0 Å². The smallest absolute Gasteiger partial charge is 0.231 e. The van der Waals surface area contributed by atoms with Crippen molar-refractivity contribution in [2.45, 2.75) is 13.8 Å². The van der Waals surface area contributed by atoms with E-state index in [2.05, 4.69) is 9.97 Å². The zero-order chi connectivity index (χ0) is 18.1. The van der Waals surface area contributed by atoms with Crippen molar-refractivity contribution in [2.24, 2.45) is 5.92 Å². The van der Waals surface area contributed by atoms with Crippen molar-refractivity contribution in [3.8, 4) is 10.6 Å². The summed E-state index contributed by atoms with van der Waals surface area (Å²) in [5.41, 5.74) is 1.14. The maximum Gasteiger partial charge on any atom is 0.231 e. The van der Waals surface area contributed by atoms with Gasteiger partial charge < -0.3 is 4.90 Å². The number of halogens is 1. The molecule has 0 aliphatic heterocycles. The Morgan fingerprint density at radius 1 is 1.42 bits per heavy atom. The Morgan fingerprint density at radius 3 is 2.67 bits per heavy atom. The van der Waals surface area contributed by atoms with Gasteiger partial charge in [0.15, 0.2) is 0 Å². The molecule has 2 rings (SSSR count). The minimum absolute atomic E-state index is 0.214. The highest BCUT2D eigenvalue weighted by atomic mass is 32.2. The summed E-state index contributed by atoms with van der Waals surface area (Å²) in [5.74, 6) is -1.65. The summed E-state index contributed by atoms with van der Waals surface area (Å²) in [4.78, 5) is 22.0. The molecule has 2 aromatic heterocycles. The molecule has 2 aromatic rings. The Bertz CT molecular complexity index is 865. The summed E-state index contributed by atoms with van der Waals surface area (Å²) in [6.07, 6.45) is 3.70. The molecule has 1 amide bonds. The molecule has 2 heterocycles. The van der Waals surface area contributed by atoms with Crippen molar-refractivity contribution in [1.29, 1.82) is 0 Å². The largest absolute Gasteiger partial charge is 0.305 e. The van der Waals surface area contributed by atoms with E-state index in [4.69, 9.17) is 0 Å². The minimum Gasteiger partial charge on any atom is -0.305 e. The van der Waals surface area contributed by atoms with Crippen LogP contribution < -0.4 is 4.90 Å². The summed E-state index contributed by atoms with van der Waals surface area (Å²) in [5, 5.41) is 1.14. The predicted molar refractivity (Wildman–Crippen MR) is 92.3 cm³/mol. The number of anilines is 1. The van der Waals surface area contributed by atoms with Crippen LogP contribution >= 0.6 is 11.3 Å². The second-order valence-corrected chi connectivity index (χ2v) is 8.85. The van der Waals surface area contributed by atoms with E-state index in [0.717, 1.165) is 12.5 Å². The standard InChI is InChI=1S/C15H18FN3O3S2/c1-9(8-24(4,21)22)14(20)19(3)15-10(2)18-13(23-15)11-5-12(16)7-17-6-11/h5-7,9H,8H2,1-4H3. The fourth-order valence-electron chi connectivity index (χ4n) is 2.31. The van der Waals surface area contributed by atoms with Crippen LogP contribution in [0.2, 0.25) is 0 Å². The molecular weight excluding hydrogens is 353 g/mol. The van der Waals surface area contributed by atoms with Gasteiger partial charge in [-0.15, -0.1) is 0 Å². The number of rotatable bonds is 5. The van der Waals surface area contributed by atoms with Crippen LogP contribution in [0, 0.1) is 18.7 Å². The topological polar surface area (TPSA) is 80.2 Å². The molecule has 1 unspecified atom stereocenters. The van der Waals surface area contributed by atoms with E-state index in [1.807, 2.05) is 0 Å². The van der Waals surface area contributed by atoms with E-state index in [1.165, 1.54) is 28.5 Å². The fourth-order valence-corrected chi connectivity index (χ4v) is 4.37. The fraction of sp³-hybridized carbons (Fsp3) is 0.400. The summed E-state index contributed by atoms with van der Waals surface area (Å²) in [7, 11) is -1.67. The van der Waals surface area contributed by atoms with E-state index in [1.54, 1.807) is 20.9 Å². The van der Waals surface area contributed by atoms with Crippen LogP contribution in [0.15, 0.2) is 18.5 Å². The van der Waals surface area contributed by atoms with E-state index < -0.39 is 21.6 Å². The first kappa shape index (κ1) is 18.5. The van der Waals surface area contributed by atoms with E-state index in [0.29, 0.717) is 21.3 Å². The summed E-state index contributed by atoms with van der Waals surface area (Å²) < 4.78 is 36.0. The molecule has 0 aromatic carbocycles. The van der Waals surface area contributed by atoms with Crippen molar-refractivity contribution < 1.29 is 17.6 Å². The molecule has 6 nitrogen and oxygen atoms in total. The van der Waals surface area contributed by atoms with Gasteiger partial charge >= 0.3 is 0 Å². The number of aromatic nitrogens is 2. The Labute approximate surface area is 144 Å². The number of carbonyl (C=O) groups excluding carboxylic acids is 1. The molecule has 0 saturated heterocycles. The highest BCUT2D eigenvalue weighted by Crippen LogP contribution is 2.34. The number of sulfone groups is 1. The van der Waals surface area contributed by atoms with Crippen LogP contribution in [0.5, 0.6) is 0 Å². The van der Waals surface area contributed by atoms with Gasteiger partial charge in [-0.25, -0.2) is 17.8 Å². The second-order valence-electron chi connectivity index (χ2n) is 5.69. The van der Waals surface area contributed by atoms with Crippen LogP contribution in [0.25, 0.3) is 10.6 Å². The van der Waals surface area contributed by atoms with Crippen molar-refractivity contribution >= 4 is 32.1 Å². The average Bonchev–Trinajstić information content (AvgIpc) is 2.86. The van der Waals surface area contributed by atoms with E-state index in [-0.39, 0.29) is 11.7 Å². The highest BCUT2D eigenvalue weighted by Gasteiger charge is 2.25. The third-order valence-corrected chi connectivity index (χ3v) is 5.72. The molecule has 130 valence electrons. The first-order chi connectivity index (χ1) is 11.1. The Balaban J connectivity index is 2.27. The van der Waals surface area contributed by atoms with Gasteiger partial charge in [0, 0.05) is 31.0 Å². The number of thiazole rings is 1.